The lowest BCUT2D eigenvalue weighted by atomic mass is 10.1. The molecule has 6 heteroatoms. The van der Waals surface area contributed by atoms with Crippen LogP contribution in [0.4, 0.5) is 0 Å². The molecule has 0 bridgehead atoms. The van der Waals surface area contributed by atoms with Gasteiger partial charge in [0.05, 0.1) is 5.75 Å². The van der Waals surface area contributed by atoms with E-state index >= 15 is 0 Å². The summed E-state index contributed by atoms with van der Waals surface area (Å²) >= 11 is 4.87. The lowest BCUT2D eigenvalue weighted by Crippen LogP contribution is -2.28. The van der Waals surface area contributed by atoms with E-state index in [0.717, 1.165) is 6.42 Å². The van der Waals surface area contributed by atoms with E-state index in [2.05, 4.69) is 0 Å². The minimum Gasteiger partial charge on any atom is -0.389 e. The van der Waals surface area contributed by atoms with Gasteiger partial charge in [0.1, 0.15) is 4.99 Å². The summed E-state index contributed by atoms with van der Waals surface area (Å²) in [5.41, 5.74) is 6.91. The van der Waals surface area contributed by atoms with Crippen molar-refractivity contribution < 1.29 is 8.42 Å². The normalized spacial score (nSPS) is 11.7. The van der Waals surface area contributed by atoms with E-state index in [1.165, 1.54) is 4.31 Å². The van der Waals surface area contributed by atoms with Crippen LogP contribution in [-0.4, -0.2) is 31.3 Å². The Bertz CT molecular complexity index is 527. The minimum atomic E-state index is -3.27. The number of thiocarbonyl (C=S) groups is 1. The minimum absolute atomic E-state index is 0.0278. The van der Waals surface area contributed by atoms with Crippen LogP contribution in [0.5, 0.6) is 0 Å². The third-order valence-corrected chi connectivity index (χ3v) is 4.64. The van der Waals surface area contributed by atoms with Gasteiger partial charge in [0.15, 0.2) is 0 Å². The van der Waals surface area contributed by atoms with Gasteiger partial charge in [-0.25, -0.2) is 12.7 Å². The highest BCUT2D eigenvalue weighted by molar-refractivity contribution is 7.88. The zero-order chi connectivity index (χ0) is 13.8. The van der Waals surface area contributed by atoms with Gasteiger partial charge < -0.3 is 5.73 Å². The fourth-order valence-corrected chi connectivity index (χ4v) is 3.00. The van der Waals surface area contributed by atoms with E-state index in [4.69, 9.17) is 18.0 Å². The Balaban J connectivity index is 2.90. The molecule has 0 saturated carbocycles. The number of rotatable bonds is 6. The number of sulfonamides is 1. The Hall–Kier alpha value is -0.980. The Morgan fingerprint density at radius 3 is 2.67 bits per heavy atom. The Morgan fingerprint density at radius 2 is 2.11 bits per heavy atom. The first-order valence-electron chi connectivity index (χ1n) is 5.69. The first-order valence-corrected chi connectivity index (χ1v) is 7.71. The lowest BCUT2D eigenvalue weighted by Gasteiger charge is -2.16. The molecule has 0 heterocycles. The van der Waals surface area contributed by atoms with Crippen molar-refractivity contribution in [3.63, 3.8) is 0 Å². The molecule has 0 radical (unpaired) electrons. The van der Waals surface area contributed by atoms with Crippen molar-refractivity contribution in [3.8, 4) is 0 Å². The summed E-state index contributed by atoms with van der Waals surface area (Å²) < 4.78 is 25.4. The van der Waals surface area contributed by atoms with Crippen LogP contribution in [0.2, 0.25) is 0 Å². The Morgan fingerprint density at radius 1 is 1.44 bits per heavy atom. The first-order chi connectivity index (χ1) is 8.36. The molecule has 0 aromatic heterocycles. The van der Waals surface area contributed by atoms with Gasteiger partial charge in [0.2, 0.25) is 10.0 Å². The van der Waals surface area contributed by atoms with Crippen molar-refractivity contribution in [2.75, 3.05) is 13.6 Å². The lowest BCUT2D eigenvalue weighted by molar-refractivity contribution is 0.467. The summed E-state index contributed by atoms with van der Waals surface area (Å²) in [6.45, 7) is 2.47. The number of nitrogens with zero attached hydrogens (tertiary/aromatic N) is 1. The van der Waals surface area contributed by atoms with Gasteiger partial charge in [-0.2, -0.15) is 0 Å². The van der Waals surface area contributed by atoms with Gasteiger partial charge in [-0.3, -0.25) is 0 Å². The number of hydrogen-bond donors (Lipinski definition) is 1. The summed E-state index contributed by atoms with van der Waals surface area (Å²) in [6, 6.07) is 7.02. The molecule has 0 aliphatic carbocycles. The molecule has 0 unspecified atom stereocenters. The molecular weight excluding hydrogens is 268 g/mol. The van der Waals surface area contributed by atoms with E-state index in [9.17, 15) is 8.42 Å². The van der Waals surface area contributed by atoms with Gasteiger partial charge in [-0.05, 0) is 18.1 Å². The molecule has 2 N–H and O–H groups in total. The monoisotopic (exact) mass is 286 g/mol. The van der Waals surface area contributed by atoms with Gasteiger partial charge in [0, 0.05) is 19.2 Å². The van der Waals surface area contributed by atoms with Crippen LogP contribution in [0, 0.1) is 0 Å². The van der Waals surface area contributed by atoms with Gasteiger partial charge >= 0.3 is 0 Å². The summed E-state index contributed by atoms with van der Waals surface area (Å²) in [4.78, 5) is 0.274. The molecule has 0 amide bonds. The molecule has 0 aliphatic rings. The molecule has 1 rings (SSSR count). The molecule has 18 heavy (non-hydrogen) atoms. The quantitative estimate of drug-likeness (QED) is 0.805. The molecule has 100 valence electrons. The summed E-state index contributed by atoms with van der Waals surface area (Å²) in [7, 11) is -1.68. The smallest absolute Gasteiger partial charge is 0.218 e. The Labute approximate surface area is 114 Å². The van der Waals surface area contributed by atoms with Crippen molar-refractivity contribution in [2.24, 2.45) is 5.73 Å². The highest BCUT2D eigenvalue weighted by Crippen LogP contribution is 2.12. The van der Waals surface area contributed by atoms with Crippen LogP contribution in [-0.2, 0) is 15.8 Å². The van der Waals surface area contributed by atoms with Gasteiger partial charge in [0.25, 0.3) is 0 Å². The highest BCUT2D eigenvalue weighted by Gasteiger charge is 2.17. The third-order valence-electron chi connectivity index (χ3n) is 2.57. The van der Waals surface area contributed by atoms with Crippen molar-refractivity contribution in [3.05, 3.63) is 35.4 Å². The molecule has 1 aromatic carbocycles. The largest absolute Gasteiger partial charge is 0.389 e. The second kappa shape index (κ2) is 6.26. The van der Waals surface area contributed by atoms with Crippen molar-refractivity contribution in [2.45, 2.75) is 19.1 Å². The van der Waals surface area contributed by atoms with Gasteiger partial charge in [-0.1, -0.05) is 37.3 Å². The van der Waals surface area contributed by atoms with Crippen LogP contribution >= 0.6 is 12.2 Å². The first kappa shape index (κ1) is 15.1. The number of benzene rings is 1. The van der Waals surface area contributed by atoms with Crippen LogP contribution in [0.1, 0.15) is 24.5 Å². The molecule has 0 aliphatic heterocycles. The SMILES string of the molecule is CCCN(C)S(=O)(=O)Cc1cccc(C(N)=S)c1. The summed E-state index contributed by atoms with van der Waals surface area (Å²) in [6.07, 6.45) is 0.794. The molecular formula is C12H18N2O2S2. The van der Waals surface area contributed by atoms with Crippen LogP contribution in [0.3, 0.4) is 0 Å². The van der Waals surface area contributed by atoms with E-state index < -0.39 is 10.0 Å². The molecule has 0 saturated heterocycles. The average molecular weight is 286 g/mol. The fourth-order valence-electron chi connectivity index (χ4n) is 1.59. The molecule has 1 aromatic rings. The van der Waals surface area contributed by atoms with Crippen LogP contribution in [0.25, 0.3) is 0 Å². The predicted octanol–water partition coefficient (Wildman–Crippen LogP) is 1.49. The number of nitrogens with two attached hydrogens (primary N) is 1. The van der Waals surface area contributed by atoms with Gasteiger partial charge in [-0.15, -0.1) is 0 Å². The predicted molar refractivity (Wildman–Crippen MR) is 77.9 cm³/mol. The third kappa shape index (κ3) is 4.04. The van der Waals surface area contributed by atoms with E-state index in [0.29, 0.717) is 17.7 Å². The maximum absolute atomic E-state index is 12.0. The van der Waals surface area contributed by atoms with Crippen LogP contribution < -0.4 is 5.73 Å². The van der Waals surface area contributed by atoms with E-state index in [-0.39, 0.29) is 10.7 Å². The summed E-state index contributed by atoms with van der Waals surface area (Å²) in [5.74, 6) is -0.0278. The number of hydrogen-bond acceptors (Lipinski definition) is 3. The average Bonchev–Trinajstić information content (AvgIpc) is 2.29. The zero-order valence-electron chi connectivity index (χ0n) is 10.6. The Kier molecular flexibility index (Phi) is 5.25. The van der Waals surface area contributed by atoms with Crippen LogP contribution in [0.15, 0.2) is 24.3 Å². The molecule has 0 fully saturated rings. The van der Waals surface area contributed by atoms with Crippen molar-refractivity contribution in [1.29, 1.82) is 0 Å². The van der Waals surface area contributed by atoms with E-state index in [1.807, 2.05) is 6.92 Å². The molecule has 0 atom stereocenters. The molecule has 0 spiro atoms. The maximum Gasteiger partial charge on any atom is 0.218 e. The zero-order valence-corrected chi connectivity index (χ0v) is 12.2. The summed E-state index contributed by atoms with van der Waals surface area (Å²) in [5, 5.41) is 0. The fraction of sp³-hybridized carbons (Fsp3) is 0.417. The topological polar surface area (TPSA) is 63.4 Å². The second-order valence-corrected chi connectivity index (χ2v) is 6.66. The molecule has 4 nitrogen and oxygen atoms in total. The van der Waals surface area contributed by atoms with Crippen molar-refractivity contribution in [1.82, 2.24) is 4.31 Å². The maximum atomic E-state index is 12.0. The van der Waals surface area contributed by atoms with E-state index in [1.54, 1.807) is 31.3 Å². The second-order valence-electron chi connectivity index (χ2n) is 4.14. The standard InChI is InChI=1S/C12H18N2O2S2/c1-3-7-14(2)18(15,16)9-10-5-4-6-11(8-10)12(13)17/h4-6,8H,3,7,9H2,1-2H3,(H2,13,17). The van der Waals surface area contributed by atoms with Crippen molar-refractivity contribution >= 4 is 27.2 Å². The highest BCUT2D eigenvalue weighted by atomic mass is 32.2.